The van der Waals surface area contributed by atoms with Crippen LogP contribution in [-0.2, 0) is 0 Å². The molecule has 2 aromatic rings. The van der Waals surface area contributed by atoms with Gasteiger partial charge in [0, 0.05) is 25.2 Å². The summed E-state index contributed by atoms with van der Waals surface area (Å²) in [5.41, 5.74) is 0.982. The predicted octanol–water partition coefficient (Wildman–Crippen LogP) is 3.05. The highest BCUT2D eigenvalue weighted by molar-refractivity contribution is 5.54. The third kappa shape index (κ3) is 3.39. The molecule has 2 aliphatic rings. The topological polar surface area (TPSA) is 45.4 Å². The fourth-order valence-electron chi connectivity index (χ4n) is 3.69. The van der Waals surface area contributed by atoms with Gasteiger partial charge in [0.15, 0.2) is 0 Å². The summed E-state index contributed by atoms with van der Waals surface area (Å²) in [6, 6.07) is 9.97. The molecule has 4 rings (SSSR count). The van der Waals surface area contributed by atoms with Crippen LogP contribution in [0.3, 0.4) is 0 Å². The third-order valence-corrected chi connectivity index (χ3v) is 5.05. The molecule has 0 aliphatic carbocycles. The minimum Gasteiger partial charge on any atom is -0.338 e. The molecule has 0 spiro atoms. The van der Waals surface area contributed by atoms with Gasteiger partial charge in [-0.25, -0.2) is 0 Å². The summed E-state index contributed by atoms with van der Waals surface area (Å²) in [5.74, 6) is 2.17. The van der Waals surface area contributed by atoms with Crippen molar-refractivity contribution in [3.8, 4) is 11.5 Å². The summed E-state index contributed by atoms with van der Waals surface area (Å²) in [7, 11) is 0. The van der Waals surface area contributed by atoms with E-state index >= 15 is 0 Å². The van der Waals surface area contributed by atoms with Crippen LogP contribution in [0.15, 0.2) is 34.9 Å². The van der Waals surface area contributed by atoms with E-state index in [9.17, 15) is 0 Å². The average molecular weight is 312 g/mol. The monoisotopic (exact) mass is 312 g/mol. The quantitative estimate of drug-likeness (QED) is 0.868. The molecule has 0 N–H and O–H groups in total. The molecule has 0 saturated carbocycles. The first kappa shape index (κ1) is 14.7. The molecule has 0 radical (unpaired) electrons. The Balaban J connectivity index is 1.34. The van der Waals surface area contributed by atoms with Crippen molar-refractivity contribution in [2.75, 3.05) is 37.6 Å². The molecule has 1 aromatic heterocycles. The van der Waals surface area contributed by atoms with E-state index in [2.05, 4.69) is 19.9 Å². The van der Waals surface area contributed by atoms with E-state index in [4.69, 9.17) is 4.52 Å². The fourth-order valence-corrected chi connectivity index (χ4v) is 3.69. The van der Waals surface area contributed by atoms with Crippen LogP contribution in [0.1, 0.15) is 25.7 Å². The van der Waals surface area contributed by atoms with Crippen molar-refractivity contribution in [2.24, 2.45) is 5.92 Å². The third-order valence-electron chi connectivity index (χ3n) is 5.05. The van der Waals surface area contributed by atoms with Gasteiger partial charge in [-0.2, -0.15) is 4.98 Å². The van der Waals surface area contributed by atoms with Crippen LogP contribution in [0.5, 0.6) is 0 Å². The second kappa shape index (κ2) is 6.71. The Morgan fingerprint density at radius 3 is 2.48 bits per heavy atom. The molecule has 1 aromatic carbocycles. The predicted molar refractivity (Wildman–Crippen MR) is 90.3 cm³/mol. The zero-order valence-corrected chi connectivity index (χ0v) is 13.5. The first-order chi connectivity index (χ1) is 11.4. The second-order valence-electron chi connectivity index (χ2n) is 6.70. The number of hydrogen-bond donors (Lipinski definition) is 0. The maximum absolute atomic E-state index is 5.43. The van der Waals surface area contributed by atoms with E-state index in [-0.39, 0.29) is 0 Å². The molecular weight excluding hydrogens is 288 g/mol. The van der Waals surface area contributed by atoms with E-state index in [0.717, 1.165) is 30.5 Å². The number of aromatic nitrogens is 2. The minimum absolute atomic E-state index is 0.611. The molecule has 0 atom stereocenters. The van der Waals surface area contributed by atoms with Crippen LogP contribution in [0, 0.1) is 5.92 Å². The largest absolute Gasteiger partial charge is 0.338 e. The Morgan fingerprint density at radius 2 is 1.74 bits per heavy atom. The summed E-state index contributed by atoms with van der Waals surface area (Å²) in [6.07, 6.45) is 5.21. The highest BCUT2D eigenvalue weighted by Crippen LogP contribution is 2.25. The number of rotatable bonds is 4. The molecule has 23 heavy (non-hydrogen) atoms. The molecule has 0 unspecified atom stereocenters. The summed E-state index contributed by atoms with van der Waals surface area (Å²) in [5, 5.41) is 4.17. The Kier molecular flexibility index (Phi) is 4.28. The van der Waals surface area contributed by atoms with E-state index in [1.54, 1.807) is 0 Å². The van der Waals surface area contributed by atoms with Gasteiger partial charge in [-0.05, 0) is 62.0 Å². The SMILES string of the molecule is c1ccc(-c2nc(N3CCC(CN4CCCC4)CC3)no2)cc1. The van der Waals surface area contributed by atoms with Crippen LogP contribution < -0.4 is 4.90 Å². The van der Waals surface area contributed by atoms with Gasteiger partial charge >= 0.3 is 0 Å². The van der Waals surface area contributed by atoms with Crippen molar-refractivity contribution >= 4 is 5.95 Å². The van der Waals surface area contributed by atoms with Crippen LogP contribution in [-0.4, -0.2) is 47.8 Å². The highest BCUT2D eigenvalue weighted by atomic mass is 16.5. The zero-order chi connectivity index (χ0) is 15.5. The van der Waals surface area contributed by atoms with Gasteiger partial charge in [0.2, 0.25) is 0 Å². The van der Waals surface area contributed by atoms with Gasteiger partial charge in [0.1, 0.15) is 0 Å². The van der Waals surface area contributed by atoms with Crippen LogP contribution in [0.4, 0.5) is 5.95 Å². The number of nitrogens with zero attached hydrogens (tertiary/aromatic N) is 4. The van der Waals surface area contributed by atoms with E-state index in [0.29, 0.717) is 5.89 Å². The lowest BCUT2D eigenvalue weighted by Crippen LogP contribution is -2.38. The molecule has 0 bridgehead atoms. The van der Waals surface area contributed by atoms with Crippen molar-refractivity contribution in [3.63, 3.8) is 0 Å². The lowest BCUT2D eigenvalue weighted by Gasteiger charge is -2.32. The van der Waals surface area contributed by atoms with Crippen LogP contribution in [0.25, 0.3) is 11.5 Å². The molecule has 5 nitrogen and oxygen atoms in total. The second-order valence-corrected chi connectivity index (χ2v) is 6.70. The van der Waals surface area contributed by atoms with Gasteiger partial charge in [0.25, 0.3) is 11.8 Å². The van der Waals surface area contributed by atoms with Crippen LogP contribution >= 0.6 is 0 Å². The molecule has 0 amide bonds. The van der Waals surface area contributed by atoms with Crippen molar-refractivity contribution in [3.05, 3.63) is 30.3 Å². The lowest BCUT2D eigenvalue weighted by atomic mass is 9.96. The van der Waals surface area contributed by atoms with Gasteiger partial charge < -0.3 is 14.3 Å². The summed E-state index contributed by atoms with van der Waals surface area (Å²) in [4.78, 5) is 9.46. The molecule has 2 fully saturated rings. The maximum Gasteiger partial charge on any atom is 0.266 e. The summed E-state index contributed by atoms with van der Waals surface area (Å²) in [6.45, 7) is 5.94. The highest BCUT2D eigenvalue weighted by Gasteiger charge is 2.25. The van der Waals surface area contributed by atoms with Crippen LogP contribution in [0.2, 0.25) is 0 Å². The standard InChI is InChI=1S/C18H24N4O/c1-2-6-16(7-3-1)17-19-18(20-23-17)22-12-8-15(9-13-22)14-21-10-4-5-11-21/h1-3,6-7,15H,4-5,8-14H2. The number of hydrogen-bond acceptors (Lipinski definition) is 5. The Morgan fingerprint density at radius 1 is 1.00 bits per heavy atom. The van der Waals surface area contributed by atoms with Crippen molar-refractivity contribution in [1.29, 1.82) is 0 Å². The van der Waals surface area contributed by atoms with Crippen molar-refractivity contribution in [1.82, 2.24) is 15.0 Å². The first-order valence-corrected chi connectivity index (χ1v) is 8.75. The van der Waals surface area contributed by atoms with Crippen molar-refractivity contribution < 1.29 is 4.52 Å². The Labute approximate surface area is 137 Å². The van der Waals surface area contributed by atoms with Gasteiger partial charge in [-0.15, -0.1) is 0 Å². The van der Waals surface area contributed by atoms with Crippen molar-refractivity contribution in [2.45, 2.75) is 25.7 Å². The first-order valence-electron chi connectivity index (χ1n) is 8.75. The molecular formula is C18H24N4O. The molecule has 2 saturated heterocycles. The number of likely N-dealkylation sites (tertiary alicyclic amines) is 1. The Hall–Kier alpha value is -1.88. The van der Waals surface area contributed by atoms with Gasteiger partial charge in [-0.1, -0.05) is 18.2 Å². The molecule has 3 heterocycles. The zero-order valence-electron chi connectivity index (χ0n) is 13.5. The van der Waals surface area contributed by atoms with E-state index in [1.165, 1.54) is 45.3 Å². The van der Waals surface area contributed by atoms with E-state index < -0.39 is 0 Å². The maximum atomic E-state index is 5.43. The normalized spacial score (nSPS) is 20.3. The van der Waals surface area contributed by atoms with Gasteiger partial charge in [0.05, 0.1) is 0 Å². The smallest absolute Gasteiger partial charge is 0.266 e. The molecule has 122 valence electrons. The number of piperidine rings is 1. The summed E-state index contributed by atoms with van der Waals surface area (Å²) < 4.78 is 5.43. The number of benzene rings is 1. The molecule has 5 heteroatoms. The Bertz CT molecular complexity index is 613. The summed E-state index contributed by atoms with van der Waals surface area (Å²) >= 11 is 0. The molecule has 2 aliphatic heterocycles. The lowest BCUT2D eigenvalue weighted by molar-refractivity contribution is 0.248. The van der Waals surface area contributed by atoms with E-state index in [1.807, 2.05) is 30.3 Å². The average Bonchev–Trinajstić information content (AvgIpc) is 3.28. The number of anilines is 1. The fraction of sp³-hybridized carbons (Fsp3) is 0.556. The van der Waals surface area contributed by atoms with Gasteiger partial charge in [-0.3, -0.25) is 0 Å². The minimum atomic E-state index is 0.611.